The Labute approximate surface area is 149 Å². The largest absolute Gasteiger partial charge is 0.479 e. The molecule has 0 heterocycles. The summed E-state index contributed by atoms with van der Waals surface area (Å²) in [4.78, 5) is 12.3. The molecule has 1 fully saturated rings. The molecule has 1 saturated carbocycles. The summed E-state index contributed by atoms with van der Waals surface area (Å²) >= 11 is 0. The Bertz CT molecular complexity index is 780. The summed E-state index contributed by atoms with van der Waals surface area (Å²) in [7, 11) is 0. The van der Waals surface area contributed by atoms with Crippen molar-refractivity contribution in [1.82, 2.24) is 0 Å². The Kier molecular flexibility index (Phi) is 4.03. The van der Waals surface area contributed by atoms with Gasteiger partial charge in [0.15, 0.2) is 0 Å². The van der Waals surface area contributed by atoms with E-state index in [1.807, 2.05) is 18.2 Å². The van der Waals surface area contributed by atoms with Gasteiger partial charge in [-0.25, -0.2) is 4.79 Å². The molecule has 25 heavy (non-hydrogen) atoms. The highest BCUT2D eigenvalue weighted by atomic mass is 16.4. The predicted octanol–water partition coefficient (Wildman–Crippen LogP) is 4.69. The van der Waals surface area contributed by atoms with Crippen LogP contribution >= 0.6 is 0 Å². The van der Waals surface area contributed by atoms with E-state index in [9.17, 15) is 9.90 Å². The van der Waals surface area contributed by atoms with Crippen LogP contribution in [0.2, 0.25) is 0 Å². The lowest BCUT2D eigenvalue weighted by molar-refractivity contribution is -0.142. The summed E-state index contributed by atoms with van der Waals surface area (Å²) in [5.41, 5.74) is 4.97. The number of nitrogens with one attached hydrogen (secondary N) is 1. The molecular weight excluding hydrogens is 310 g/mol. The zero-order chi connectivity index (χ0) is 17.4. The molecule has 3 nitrogen and oxygen atoms in total. The van der Waals surface area contributed by atoms with Gasteiger partial charge in [-0.15, -0.1) is 0 Å². The number of benzene rings is 2. The number of aliphatic carboxylic acids is 1. The number of anilines is 1. The van der Waals surface area contributed by atoms with Crippen molar-refractivity contribution < 1.29 is 9.90 Å². The van der Waals surface area contributed by atoms with Crippen molar-refractivity contribution in [3.05, 3.63) is 64.7 Å². The van der Waals surface area contributed by atoms with E-state index in [1.54, 1.807) is 0 Å². The van der Waals surface area contributed by atoms with Crippen molar-refractivity contribution in [3.8, 4) is 0 Å². The number of aryl methyl sites for hydroxylation is 1. The molecule has 0 bridgehead atoms. The highest BCUT2D eigenvalue weighted by molar-refractivity contribution is 5.86. The minimum Gasteiger partial charge on any atom is -0.479 e. The van der Waals surface area contributed by atoms with Gasteiger partial charge in [0, 0.05) is 18.5 Å². The summed E-state index contributed by atoms with van der Waals surface area (Å²) in [6.07, 6.45) is 6.04. The smallest absolute Gasteiger partial charge is 0.330 e. The van der Waals surface area contributed by atoms with Gasteiger partial charge in [0.05, 0.1) is 0 Å². The second-order valence-electron chi connectivity index (χ2n) is 7.65. The van der Waals surface area contributed by atoms with Gasteiger partial charge < -0.3 is 10.4 Å². The molecular formula is C22H25NO2. The topological polar surface area (TPSA) is 49.3 Å². The lowest BCUT2D eigenvalue weighted by Crippen LogP contribution is -2.47. The second kappa shape index (κ2) is 6.21. The Hall–Kier alpha value is -2.29. The van der Waals surface area contributed by atoms with Crippen LogP contribution in [-0.2, 0) is 17.6 Å². The average molecular weight is 335 g/mol. The van der Waals surface area contributed by atoms with Gasteiger partial charge in [0.1, 0.15) is 5.54 Å². The first-order valence-corrected chi connectivity index (χ1v) is 9.27. The average Bonchev–Trinajstić information content (AvgIpc) is 3.22. The summed E-state index contributed by atoms with van der Waals surface area (Å²) in [6.45, 7) is 2.15. The third-order valence-electron chi connectivity index (χ3n) is 5.97. The number of rotatable bonds is 4. The maximum absolute atomic E-state index is 12.3. The number of fused-ring (bicyclic) bond motifs is 1. The second-order valence-corrected chi connectivity index (χ2v) is 7.65. The quantitative estimate of drug-likeness (QED) is 0.852. The molecule has 130 valence electrons. The minimum atomic E-state index is -0.940. The highest BCUT2D eigenvalue weighted by Gasteiger charge is 2.44. The lowest BCUT2D eigenvalue weighted by Gasteiger charge is -2.30. The van der Waals surface area contributed by atoms with Crippen molar-refractivity contribution in [2.24, 2.45) is 0 Å². The molecule has 2 aliphatic carbocycles. The first-order chi connectivity index (χ1) is 12.1. The SMILES string of the molecule is Cc1cccc(NC2(C(=O)O)Cc3ccccc3C2)c1C1CCCC1. The Balaban J connectivity index is 1.71. The van der Waals surface area contributed by atoms with Crippen molar-refractivity contribution in [2.75, 3.05) is 5.32 Å². The third-order valence-corrected chi connectivity index (χ3v) is 5.97. The van der Waals surface area contributed by atoms with E-state index in [2.05, 4.69) is 36.5 Å². The zero-order valence-corrected chi connectivity index (χ0v) is 14.7. The van der Waals surface area contributed by atoms with Crippen LogP contribution < -0.4 is 5.32 Å². The van der Waals surface area contributed by atoms with Crippen molar-refractivity contribution in [1.29, 1.82) is 0 Å². The highest BCUT2D eigenvalue weighted by Crippen LogP contribution is 2.42. The standard InChI is InChI=1S/C22H25NO2/c1-15-7-6-12-19(20(15)16-8-2-3-9-16)23-22(21(24)25)13-17-10-4-5-11-18(17)14-22/h4-7,10-12,16,23H,2-3,8-9,13-14H2,1H3,(H,24,25). The van der Waals surface area contributed by atoms with Crippen LogP contribution in [-0.4, -0.2) is 16.6 Å². The van der Waals surface area contributed by atoms with Gasteiger partial charge in [-0.3, -0.25) is 0 Å². The first-order valence-electron chi connectivity index (χ1n) is 9.27. The normalized spacial score (nSPS) is 18.9. The Morgan fingerprint density at radius 1 is 1.04 bits per heavy atom. The molecule has 3 heteroatoms. The summed E-state index contributed by atoms with van der Waals surface area (Å²) in [6, 6.07) is 14.3. The van der Waals surface area contributed by atoms with E-state index in [-0.39, 0.29) is 0 Å². The number of hydrogen-bond acceptors (Lipinski definition) is 2. The van der Waals surface area contributed by atoms with Crippen LogP contribution in [0.15, 0.2) is 42.5 Å². The maximum Gasteiger partial charge on any atom is 0.330 e. The number of carbonyl (C=O) groups is 1. The fraction of sp³-hybridized carbons (Fsp3) is 0.409. The molecule has 0 saturated heterocycles. The van der Waals surface area contributed by atoms with E-state index in [4.69, 9.17) is 0 Å². The third kappa shape index (κ3) is 2.82. The van der Waals surface area contributed by atoms with Gasteiger partial charge >= 0.3 is 5.97 Å². The van der Waals surface area contributed by atoms with Crippen molar-refractivity contribution >= 4 is 11.7 Å². The molecule has 0 unspecified atom stereocenters. The van der Waals surface area contributed by atoms with Crippen LogP contribution in [0, 0.1) is 6.92 Å². The molecule has 4 rings (SSSR count). The van der Waals surface area contributed by atoms with Crippen LogP contribution in [0.1, 0.15) is 53.9 Å². The van der Waals surface area contributed by atoms with Crippen molar-refractivity contribution in [2.45, 2.75) is 56.9 Å². The van der Waals surface area contributed by atoms with E-state index in [1.165, 1.54) is 36.8 Å². The van der Waals surface area contributed by atoms with Gasteiger partial charge in [0.25, 0.3) is 0 Å². The molecule has 2 aliphatic rings. The van der Waals surface area contributed by atoms with E-state index >= 15 is 0 Å². The van der Waals surface area contributed by atoms with Crippen LogP contribution in [0.5, 0.6) is 0 Å². The van der Waals surface area contributed by atoms with Crippen LogP contribution in [0.25, 0.3) is 0 Å². The monoisotopic (exact) mass is 335 g/mol. The molecule has 2 aromatic carbocycles. The predicted molar refractivity (Wildman–Crippen MR) is 100 cm³/mol. The van der Waals surface area contributed by atoms with Gasteiger partial charge in [-0.05, 0) is 54.0 Å². The van der Waals surface area contributed by atoms with E-state index < -0.39 is 11.5 Å². The number of carboxylic acid groups (broad SMARTS) is 1. The zero-order valence-electron chi connectivity index (χ0n) is 14.7. The molecule has 0 radical (unpaired) electrons. The van der Waals surface area contributed by atoms with Gasteiger partial charge in [-0.2, -0.15) is 0 Å². The minimum absolute atomic E-state index is 0.538. The first kappa shape index (κ1) is 16.2. The molecule has 0 amide bonds. The van der Waals surface area contributed by atoms with E-state index in [0.717, 1.165) is 16.8 Å². The van der Waals surface area contributed by atoms with Gasteiger partial charge in [-0.1, -0.05) is 49.2 Å². The number of carboxylic acids is 1. The molecule has 0 aliphatic heterocycles. The van der Waals surface area contributed by atoms with E-state index in [0.29, 0.717) is 18.8 Å². The van der Waals surface area contributed by atoms with Gasteiger partial charge in [0.2, 0.25) is 0 Å². The summed E-state index contributed by atoms with van der Waals surface area (Å²) in [5, 5.41) is 13.5. The number of hydrogen-bond donors (Lipinski definition) is 2. The van der Waals surface area contributed by atoms with Crippen molar-refractivity contribution in [3.63, 3.8) is 0 Å². The lowest BCUT2D eigenvalue weighted by atomic mass is 9.89. The maximum atomic E-state index is 12.3. The fourth-order valence-corrected chi connectivity index (χ4v) is 4.71. The Morgan fingerprint density at radius 2 is 1.68 bits per heavy atom. The summed E-state index contributed by atoms with van der Waals surface area (Å²) in [5.74, 6) is -0.207. The van der Waals surface area contributed by atoms with Crippen LogP contribution in [0.3, 0.4) is 0 Å². The molecule has 0 aromatic heterocycles. The molecule has 0 spiro atoms. The molecule has 2 N–H and O–H groups in total. The summed E-state index contributed by atoms with van der Waals surface area (Å²) < 4.78 is 0. The van der Waals surface area contributed by atoms with Crippen LogP contribution in [0.4, 0.5) is 5.69 Å². The Morgan fingerprint density at radius 3 is 2.28 bits per heavy atom. The fourth-order valence-electron chi connectivity index (χ4n) is 4.71. The molecule has 2 aromatic rings. The molecule has 0 atom stereocenters.